The van der Waals surface area contributed by atoms with Crippen LogP contribution in [0.2, 0.25) is 0 Å². The first-order valence-corrected chi connectivity index (χ1v) is 7.84. The first-order valence-electron chi connectivity index (χ1n) is 7.05. The van der Waals surface area contributed by atoms with E-state index in [0.717, 1.165) is 39.0 Å². The predicted molar refractivity (Wildman–Crippen MR) is 86.4 cm³/mol. The Morgan fingerprint density at radius 3 is 2.57 bits per heavy atom. The van der Waals surface area contributed by atoms with Crippen molar-refractivity contribution in [2.24, 2.45) is 5.41 Å². The molecule has 0 atom stereocenters. The van der Waals surface area contributed by atoms with E-state index in [1.165, 1.54) is 12.5 Å². The molecule has 0 radical (unpaired) electrons. The normalized spacial score (nSPS) is 20.4. The number of likely N-dealkylation sites (tertiary alicyclic amines) is 1. The Balaban J connectivity index is 0.00000161. The van der Waals surface area contributed by atoms with Gasteiger partial charge in [-0.1, -0.05) is 0 Å². The molecule has 3 rings (SSSR count). The lowest BCUT2D eigenvalue weighted by molar-refractivity contribution is 0.0607. The van der Waals surface area contributed by atoms with Crippen molar-refractivity contribution in [1.82, 2.24) is 10.2 Å². The fraction of sp³-hybridized carbons (Fsp3) is 0.533. The Morgan fingerprint density at radius 1 is 1.29 bits per heavy atom. The van der Waals surface area contributed by atoms with Gasteiger partial charge in [0.05, 0.1) is 4.47 Å². The summed E-state index contributed by atoms with van der Waals surface area (Å²) in [4.78, 5) is 14.3. The smallest absolute Gasteiger partial charge is 0.253 e. The number of piperidine rings is 1. The molecule has 2 heterocycles. The zero-order valence-corrected chi connectivity index (χ0v) is 14.1. The van der Waals surface area contributed by atoms with Crippen LogP contribution in [-0.2, 0) is 0 Å². The Bertz CT molecular complexity index is 524. The summed E-state index contributed by atoms with van der Waals surface area (Å²) < 4.78 is 13.6. The van der Waals surface area contributed by atoms with Crippen LogP contribution in [0.15, 0.2) is 22.7 Å². The zero-order valence-electron chi connectivity index (χ0n) is 11.7. The molecule has 2 fully saturated rings. The summed E-state index contributed by atoms with van der Waals surface area (Å²) >= 11 is 3.13. The molecule has 0 aromatic heterocycles. The van der Waals surface area contributed by atoms with Crippen LogP contribution < -0.4 is 5.32 Å². The van der Waals surface area contributed by atoms with Crippen LogP contribution >= 0.6 is 28.3 Å². The fourth-order valence-corrected chi connectivity index (χ4v) is 3.60. The topological polar surface area (TPSA) is 32.3 Å². The van der Waals surface area contributed by atoms with Gasteiger partial charge in [0.25, 0.3) is 5.91 Å². The first-order chi connectivity index (χ1) is 9.60. The number of benzene rings is 1. The van der Waals surface area contributed by atoms with Crippen molar-refractivity contribution in [3.05, 3.63) is 34.1 Å². The van der Waals surface area contributed by atoms with Gasteiger partial charge >= 0.3 is 0 Å². The number of nitrogens with one attached hydrogen (secondary N) is 1. The molecule has 0 unspecified atom stereocenters. The van der Waals surface area contributed by atoms with Crippen molar-refractivity contribution >= 4 is 34.2 Å². The monoisotopic (exact) mass is 376 g/mol. The average molecular weight is 378 g/mol. The van der Waals surface area contributed by atoms with Gasteiger partial charge in [0.1, 0.15) is 5.82 Å². The number of halogens is 3. The highest BCUT2D eigenvalue weighted by atomic mass is 79.9. The molecular weight excluding hydrogens is 359 g/mol. The molecule has 1 amide bonds. The Morgan fingerprint density at radius 2 is 2.00 bits per heavy atom. The minimum atomic E-state index is -0.337. The molecule has 1 aromatic rings. The molecule has 1 aromatic carbocycles. The van der Waals surface area contributed by atoms with E-state index in [-0.39, 0.29) is 24.1 Å². The van der Waals surface area contributed by atoms with Gasteiger partial charge in [0, 0.05) is 25.2 Å². The van der Waals surface area contributed by atoms with Crippen LogP contribution in [0.1, 0.15) is 29.6 Å². The van der Waals surface area contributed by atoms with E-state index in [1.807, 2.05) is 4.90 Å². The lowest BCUT2D eigenvalue weighted by Crippen LogP contribution is -2.44. The highest BCUT2D eigenvalue weighted by Crippen LogP contribution is 2.37. The highest BCUT2D eigenvalue weighted by molar-refractivity contribution is 9.10. The highest BCUT2D eigenvalue weighted by Gasteiger charge is 2.38. The van der Waals surface area contributed by atoms with Crippen molar-refractivity contribution in [3.63, 3.8) is 0 Å². The Kier molecular flexibility index (Phi) is 5.28. The van der Waals surface area contributed by atoms with E-state index in [2.05, 4.69) is 21.2 Å². The standard InChI is InChI=1S/C15H18BrFN2O.ClH/c16-12-9-11(1-2-13(12)17)14(20)19-7-4-15(5-8-19)3-6-18-10-15;/h1-2,9,18H,3-8,10H2;1H. The van der Waals surface area contributed by atoms with Crippen molar-refractivity contribution < 1.29 is 9.18 Å². The predicted octanol–water partition coefficient (Wildman–Crippen LogP) is 3.23. The average Bonchev–Trinajstić information content (AvgIpc) is 2.90. The summed E-state index contributed by atoms with van der Waals surface area (Å²) in [6, 6.07) is 4.47. The van der Waals surface area contributed by atoms with Gasteiger partial charge in [-0.25, -0.2) is 4.39 Å². The third kappa shape index (κ3) is 3.41. The molecule has 116 valence electrons. The summed E-state index contributed by atoms with van der Waals surface area (Å²) in [6.45, 7) is 3.78. The number of carbonyl (C=O) groups is 1. The molecule has 21 heavy (non-hydrogen) atoms. The second-order valence-electron chi connectivity index (χ2n) is 5.85. The van der Waals surface area contributed by atoms with Gasteiger partial charge < -0.3 is 10.2 Å². The van der Waals surface area contributed by atoms with Crippen LogP contribution in [0, 0.1) is 11.2 Å². The summed E-state index contributed by atoms with van der Waals surface area (Å²) in [5.41, 5.74) is 0.957. The van der Waals surface area contributed by atoms with E-state index in [1.54, 1.807) is 12.1 Å². The lowest BCUT2D eigenvalue weighted by atomic mass is 9.78. The largest absolute Gasteiger partial charge is 0.339 e. The molecule has 3 nitrogen and oxygen atoms in total. The van der Waals surface area contributed by atoms with Gasteiger partial charge in [-0.05, 0) is 65.4 Å². The van der Waals surface area contributed by atoms with E-state index >= 15 is 0 Å². The number of hydrogen-bond acceptors (Lipinski definition) is 2. The zero-order chi connectivity index (χ0) is 14.2. The van der Waals surface area contributed by atoms with Crippen molar-refractivity contribution in [1.29, 1.82) is 0 Å². The molecule has 2 saturated heterocycles. The first kappa shape index (κ1) is 16.7. The molecule has 2 aliphatic heterocycles. The molecule has 2 aliphatic rings. The molecule has 0 aliphatic carbocycles. The summed E-state index contributed by atoms with van der Waals surface area (Å²) in [5.74, 6) is -0.331. The van der Waals surface area contributed by atoms with Crippen molar-refractivity contribution in [3.8, 4) is 0 Å². The summed E-state index contributed by atoms with van der Waals surface area (Å²) in [7, 11) is 0. The number of carbonyl (C=O) groups excluding carboxylic acids is 1. The van der Waals surface area contributed by atoms with E-state index < -0.39 is 0 Å². The third-order valence-electron chi connectivity index (χ3n) is 4.61. The van der Waals surface area contributed by atoms with Crippen LogP contribution in [0.5, 0.6) is 0 Å². The lowest BCUT2D eigenvalue weighted by Gasteiger charge is -2.38. The van der Waals surface area contributed by atoms with E-state index in [0.29, 0.717) is 15.5 Å². The fourth-order valence-electron chi connectivity index (χ4n) is 3.22. The van der Waals surface area contributed by atoms with Gasteiger partial charge in [-0.3, -0.25) is 4.79 Å². The molecule has 1 N–H and O–H groups in total. The van der Waals surface area contributed by atoms with Gasteiger partial charge in [-0.15, -0.1) is 12.4 Å². The van der Waals surface area contributed by atoms with Gasteiger partial charge in [0.15, 0.2) is 0 Å². The summed E-state index contributed by atoms with van der Waals surface area (Å²) in [6.07, 6.45) is 3.35. The maximum absolute atomic E-state index is 13.2. The second kappa shape index (κ2) is 6.63. The number of rotatable bonds is 1. The molecule has 0 saturated carbocycles. The summed E-state index contributed by atoms with van der Waals surface area (Å²) in [5, 5.41) is 3.42. The Hall–Kier alpha value is -0.650. The minimum Gasteiger partial charge on any atom is -0.339 e. The van der Waals surface area contributed by atoms with Crippen LogP contribution in [0.4, 0.5) is 4.39 Å². The van der Waals surface area contributed by atoms with Crippen LogP contribution in [-0.4, -0.2) is 37.0 Å². The minimum absolute atomic E-state index is 0. The van der Waals surface area contributed by atoms with Crippen LogP contribution in [0.25, 0.3) is 0 Å². The molecule has 0 bridgehead atoms. The third-order valence-corrected chi connectivity index (χ3v) is 5.22. The SMILES string of the molecule is Cl.O=C(c1ccc(F)c(Br)c1)N1CCC2(CCNC2)CC1. The molecular formula is C15H19BrClFN2O. The molecule has 6 heteroatoms. The molecule has 1 spiro atoms. The number of amides is 1. The van der Waals surface area contributed by atoms with E-state index in [4.69, 9.17) is 0 Å². The van der Waals surface area contributed by atoms with Gasteiger partial charge in [-0.2, -0.15) is 0 Å². The van der Waals surface area contributed by atoms with Crippen LogP contribution in [0.3, 0.4) is 0 Å². The van der Waals surface area contributed by atoms with Gasteiger partial charge in [0.2, 0.25) is 0 Å². The van der Waals surface area contributed by atoms with Crippen molar-refractivity contribution in [2.75, 3.05) is 26.2 Å². The quantitative estimate of drug-likeness (QED) is 0.815. The maximum atomic E-state index is 13.2. The van der Waals surface area contributed by atoms with E-state index in [9.17, 15) is 9.18 Å². The number of nitrogens with zero attached hydrogens (tertiary/aromatic N) is 1. The second-order valence-corrected chi connectivity index (χ2v) is 6.70. The number of hydrogen-bond donors (Lipinski definition) is 1. The maximum Gasteiger partial charge on any atom is 0.253 e. The van der Waals surface area contributed by atoms with Crippen molar-refractivity contribution in [2.45, 2.75) is 19.3 Å². The Labute approximate surface area is 138 Å².